The fourth-order valence-corrected chi connectivity index (χ4v) is 5.22. The lowest BCUT2D eigenvalue weighted by Gasteiger charge is -2.31. The third-order valence-electron chi connectivity index (χ3n) is 7.29. The van der Waals surface area contributed by atoms with Crippen molar-refractivity contribution >= 4 is 46.3 Å². The van der Waals surface area contributed by atoms with E-state index in [9.17, 15) is 9.59 Å². The van der Waals surface area contributed by atoms with E-state index in [1.807, 2.05) is 6.07 Å². The van der Waals surface area contributed by atoms with E-state index in [4.69, 9.17) is 21.4 Å². The van der Waals surface area contributed by atoms with Crippen molar-refractivity contribution in [2.24, 2.45) is 0 Å². The molecule has 3 aromatic rings. The smallest absolute Gasteiger partial charge is 0.276 e. The van der Waals surface area contributed by atoms with Gasteiger partial charge < -0.3 is 31.3 Å². The van der Waals surface area contributed by atoms with Gasteiger partial charge in [-0.2, -0.15) is 0 Å². The third-order valence-corrected chi connectivity index (χ3v) is 7.49. The minimum atomic E-state index is -0.346. The largest absolute Gasteiger partial charge is 0.379 e. The highest BCUT2D eigenvalue weighted by molar-refractivity contribution is 6.29. The van der Waals surface area contributed by atoms with E-state index in [1.165, 1.54) is 12.4 Å². The molecule has 3 aliphatic rings. The van der Waals surface area contributed by atoms with Crippen LogP contribution in [0.3, 0.4) is 0 Å². The highest BCUT2D eigenvalue weighted by Gasteiger charge is 2.28. The first kappa shape index (κ1) is 25.8. The molecule has 12 nitrogen and oxygen atoms in total. The average Bonchev–Trinajstić information content (AvgIpc) is 3.65. The number of imidazole rings is 1. The summed E-state index contributed by atoms with van der Waals surface area (Å²) in [5.74, 6) is 0.329. The van der Waals surface area contributed by atoms with Crippen molar-refractivity contribution in [1.82, 2.24) is 30.2 Å². The predicted molar refractivity (Wildman–Crippen MR) is 147 cm³/mol. The monoisotopic (exact) mass is 553 g/mol. The molecular formula is C26H32ClN9O3. The second-order valence-corrected chi connectivity index (χ2v) is 10.7. The van der Waals surface area contributed by atoms with Crippen LogP contribution in [0.1, 0.15) is 49.0 Å². The first-order valence-corrected chi connectivity index (χ1v) is 13.9. The molecule has 0 spiro atoms. The average molecular weight is 554 g/mol. The molecule has 5 N–H and O–H groups in total. The number of nitrogens with one attached hydrogen (secondary N) is 5. The van der Waals surface area contributed by atoms with Gasteiger partial charge in [0.1, 0.15) is 17.0 Å². The lowest BCUT2D eigenvalue weighted by Crippen LogP contribution is -2.54. The van der Waals surface area contributed by atoms with Crippen LogP contribution in [-0.4, -0.2) is 75.3 Å². The van der Waals surface area contributed by atoms with Gasteiger partial charge >= 0.3 is 0 Å². The van der Waals surface area contributed by atoms with E-state index in [2.05, 4.69) is 36.6 Å². The van der Waals surface area contributed by atoms with Crippen molar-refractivity contribution in [3.63, 3.8) is 0 Å². The Kier molecular flexibility index (Phi) is 7.49. The summed E-state index contributed by atoms with van der Waals surface area (Å²) >= 11 is 5.97. The summed E-state index contributed by atoms with van der Waals surface area (Å²) in [6.45, 7) is 1.75. The number of pyridine rings is 1. The number of nitrogens with zero attached hydrogens (tertiary/aromatic N) is 4. The van der Waals surface area contributed by atoms with Gasteiger partial charge in [-0.3, -0.25) is 9.59 Å². The summed E-state index contributed by atoms with van der Waals surface area (Å²) in [6.07, 6.45) is 8.81. The lowest BCUT2D eigenvalue weighted by atomic mass is 9.91. The molecule has 4 heterocycles. The zero-order valence-corrected chi connectivity index (χ0v) is 22.2. The molecule has 0 aromatic carbocycles. The van der Waals surface area contributed by atoms with Crippen LogP contribution in [0.5, 0.6) is 0 Å². The molecule has 2 amide bonds. The molecule has 13 heteroatoms. The van der Waals surface area contributed by atoms with Gasteiger partial charge in [-0.25, -0.2) is 14.5 Å². The maximum absolute atomic E-state index is 13.1. The van der Waals surface area contributed by atoms with Gasteiger partial charge in [0.25, 0.3) is 5.91 Å². The minimum Gasteiger partial charge on any atom is -0.379 e. The number of ether oxygens (including phenoxy) is 1. The number of carbonyl (C=O) groups excluding carboxylic acids is 2. The first-order chi connectivity index (χ1) is 19.0. The van der Waals surface area contributed by atoms with Crippen LogP contribution in [0.4, 0.5) is 17.2 Å². The summed E-state index contributed by atoms with van der Waals surface area (Å²) in [5, 5.41) is 21.3. The third kappa shape index (κ3) is 6.23. The Morgan fingerprint density at radius 3 is 2.54 bits per heavy atom. The molecule has 2 saturated carbocycles. The normalized spacial score (nSPS) is 23.3. The fourth-order valence-electron chi connectivity index (χ4n) is 5.05. The highest BCUT2D eigenvalue weighted by Crippen LogP contribution is 2.30. The molecular weight excluding hydrogens is 522 g/mol. The predicted octanol–water partition coefficient (Wildman–Crippen LogP) is 2.43. The molecule has 0 radical (unpaired) electrons. The number of halogens is 1. The number of hydrogen-bond donors (Lipinski definition) is 5. The van der Waals surface area contributed by atoms with Crippen molar-refractivity contribution in [2.45, 2.75) is 62.7 Å². The Hall–Kier alpha value is -3.48. The van der Waals surface area contributed by atoms with Crippen LogP contribution in [-0.2, 0) is 9.53 Å². The van der Waals surface area contributed by atoms with Crippen LogP contribution in [0, 0.1) is 0 Å². The molecule has 1 saturated heterocycles. The van der Waals surface area contributed by atoms with E-state index >= 15 is 0 Å². The van der Waals surface area contributed by atoms with Gasteiger partial charge in [0.2, 0.25) is 5.91 Å². The molecule has 0 bridgehead atoms. The highest BCUT2D eigenvalue weighted by atomic mass is 35.5. The van der Waals surface area contributed by atoms with Crippen molar-refractivity contribution in [3.05, 3.63) is 41.4 Å². The first-order valence-electron chi connectivity index (χ1n) is 13.5. The Labute approximate surface area is 230 Å². The summed E-state index contributed by atoms with van der Waals surface area (Å²) in [5.41, 5.74) is 2.28. The molecule has 39 heavy (non-hydrogen) atoms. The van der Waals surface area contributed by atoms with Crippen LogP contribution in [0.2, 0.25) is 5.15 Å². The van der Waals surface area contributed by atoms with Gasteiger partial charge in [0, 0.05) is 42.6 Å². The molecule has 1 aliphatic heterocycles. The Balaban J connectivity index is 1.14. The van der Waals surface area contributed by atoms with Crippen molar-refractivity contribution in [2.75, 3.05) is 35.7 Å². The second-order valence-electron chi connectivity index (χ2n) is 10.3. The summed E-state index contributed by atoms with van der Waals surface area (Å²) in [7, 11) is 0. The van der Waals surface area contributed by atoms with E-state index < -0.39 is 0 Å². The fraction of sp³-hybridized carbons (Fsp3) is 0.500. The van der Waals surface area contributed by atoms with Crippen molar-refractivity contribution in [3.8, 4) is 0 Å². The van der Waals surface area contributed by atoms with Crippen LogP contribution >= 0.6 is 11.6 Å². The van der Waals surface area contributed by atoms with Gasteiger partial charge in [-0.15, -0.1) is 5.10 Å². The second kappa shape index (κ2) is 11.3. The number of morpholine rings is 1. The Morgan fingerprint density at radius 2 is 1.79 bits per heavy atom. The van der Waals surface area contributed by atoms with E-state index in [0.29, 0.717) is 53.8 Å². The van der Waals surface area contributed by atoms with Crippen molar-refractivity contribution in [1.29, 1.82) is 0 Å². The number of aromatic nitrogens is 4. The topological polar surface area (TPSA) is 147 Å². The van der Waals surface area contributed by atoms with E-state index in [1.54, 1.807) is 16.6 Å². The number of amides is 2. The summed E-state index contributed by atoms with van der Waals surface area (Å²) in [6, 6.07) is 5.70. The maximum Gasteiger partial charge on any atom is 0.276 e. The van der Waals surface area contributed by atoms with Gasteiger partial charge in [0.05, 0.1) is 25.1 Å². The molecule has 1 atom stereocenters. The lowest BCUT2D eigenvalue weighted by molar-refractivity contribution is -0.126. The van der Waals surface area contributed by atoms with Gasteiger partial charge in [-0.05, 0) is 50.7 Å². The molecule has 3 fully saturated rings. The van der Waals surface area contributed by atoms with Crippen LogP contribution in [0.15, 0.2) is 30.6 Å². The number of rotatable bonds is 8. The van der Waals surface area contributed by atoms with Gasteiger partial charge in [0.15, 0.2) is 11.3 Å². The molecule has 3 aromatic heterocycles. The molecule has 6 rings (SSSR count). The Bertz CT molecular complexity index is 1350. The standard InChI is InChI=1S/C26H32ClN9O3/c27-22-11-18(7-8-29-22)34-26(38)21-13-30-24-19(31-15-1-2-15)12-23(35-36(21)24)32-16-3-5-17(6-4-16)33-25(37)20-14-39-10-9-28-20/h7-8,11-13,15-17,20,28,31H,1-6,9-10,14H2,(H,32,35)(H,33,37)(H,29,34,38)/t16-,17-,20?. The number of hydrogen-bond acceptors (Lipinski definition) is 9. The number of anilines is 3. The van der Waals surface area contributed by atoms with Crippen LogP contribution < -0.4 is 26.6 Å². The summed E-state index contributed by atoms with van der Waals surface area (Å²) in [4.78, 5) is 34.1. The molecule has 1 unspecified atom stereocenters. The molecule has 206 valence electrons. The zero-order valence-electron chi connectivity index (χ0n) is 21.5. The number of carbonyl (C=O) groups is 2. The van der Waals surface area contributed by atoms with E-state index in [0.717, 1.165) is 44.2 Å². The maximum atomic E-state index is 13.1. The Morgan fingerprint density at radius 1 is 1.03 bits per heavy atom. The minimum absolute atomic E-state index is 0.00831. The van der Waals surface area contributed by atoms with Crippen LogP contribution in [0.25, 0.3) is 5.65 Å². The van der Waals surface area contributed by atoms with Gasteiger partial charge in [-0.1, -0.05) is 11.6 Å². The van der Waals surface area contributed by atoms with Crippen molar-refractivity contribution < 1.29 is 14.3 Å². The summed E-state index contributed by atoms with van der Waals surface area (Å²) < 4.78 is 6.99. The number of fused-ring (bicyclic) bond motifs is 1. The SMILES string of the molecule is O=C(Nc1ccnc(Cl)c1)c1cnc2c(NC3CC3)cc(N[C@H]3CC[C@H](NC(=O)C4COCCN4)CC3)nn12. The molecule has 2 aliphatic carbocycles. The zero-order chi connectivity index (χ0) is 26.8. The van der Waals surface area contributed by atoms with E-state index in [-0.39, 0.29) is 29.9 Å². The quantitative estimate of drug-likeness (QED) is 0.265.